The van der Waals surface area contributed by atoms with Crippen molar-refractivity contribution in [2.24, 2.45) is 0 Å². The third-order valence-corrected chi connectivity index (χ3v) is 4.51. The van der Waals surface area contributed by atoms with Gasteiger partial charge in [-0.25, -0.2) is 4.98 Å². The fraction of sp³-hybridized carbons (Fsp3) is 0.227. The average Bonchev–Trinajstić information content (AvgIpc) is 2.69. The molecule has 5 heteroatoms. The number of carbonyl (C=O) groups is 1. The highest BCUT2D eigenvalue weighted by Gasteiger charge is 2.11. The number of rotatable bonds is 6. The van der Waals surface area contributed by atoms with Crippen LogP contribution in [0.3, 0.4) is 0 Å². The minimum absolute atomic E-state index is 0.131. The molecule has 27 heavy (non-hydrogen) atoms. The van der Waals surface area contributed by atoms with Crippen LogP contribution in [0.4, 0.5) is 11.5 Å². The summed E-state index contributed by atoms with van der Waals surface area (Å²) in [6, 6.07) is 13.6. The first-order valence-corrected chi connectivity index (χ1v) is 8.97. The summed E-state index contributed by atoms with van der Waals surface area (Å²) in [5.74, 6) is 0.644. The Hall–Kier alpha value is -3.21. The number of hydrogen-bond acceptors (Lipinski definition) is 4. The quantitative estimate of drug-likeness (QED) is 0.721. The summed E-state index contributed by atoms with van der Waals surface area (Å²) in [5.41, 5.74) is 4.87. The molecule has 0 saturated heterocycles. The van der Waals surface area contributed by atoms with Crippen LogP contribution in [0.2, 0.25) is 0 Å². The lowest BCUT2D eigenvalue weighted by Crippen LogP contribution is -2.22. The Labute approximate surface area is 160 Å². The van der Waals surface area contributed by atoms with E-state index in [1.165, 1.54) is 11.1 Å². The zero-order chi connectivity index (χ0) is 19.2. The smallest absolute Gasteiger partial charge is 0.255 e. The van der Waals surface area contributed by atoms with Gasteiger partial charge in [0, 0.05) is 43.4 Å². The molecule has 0 saturated carbocycles. The van der Waals surface area contributed by atoms with Gasteiger partial charge in [-0.2, -0.15) is 0 Å². The Morgan fingerprint density at radius 2 is 1.81 bits per heavy atom. The zero-order valence-electron chi connectivity index (χ0n) is 15.9. The summed E-state index contributed by atoms with van der Waals surface area (Å²) in [6.07, 6.45) is 6.16. The van der Waals surface area contributed by atoms with Crippen molar-refractivity contribution in [3.05, 3.63) is 83.3 Å². The number of carbonyl (C=O) groups excluding carboxylic acids is 1. The first kappa shape index (κ1) is 18.6. The molecule has 0 spiro atoms. The van der Waals surface area contributed by atoms with Crippen LogP contribution in [-0.4, -0.2) is 29.5 Å². The van der Waals surface area contributed by atoms with E-state index in [0.717, 1.165) is 30.0 Å². The van der Waals surface area contributed by atoms with E-state index in [1.807, 2.05) is 56.1 Å². The molecule has 3 aromatic rings. The summed E-state index contributed by atoms with van der Waals surface area (Å²) < 4.78 is 0. The van der Waals surface area contributed by atoms with Crippen LogP contribution in [0.15, 0.2) is 61.1 Å². The van der Waals surface area contributed by atoms with Gasteiger partial charge in [0.1, 0.15) is 5.82 Å². The third kappa shape index (κ3) is 4.91. The predicted molar refractivity (Wildman–Crippen MR) is 109 cm³/mol. The van der Waals surface area contributed by atoms with Gasteiger partial charge in [-0.15, -0.1) is 0 Å². The van der Waals surface area contributed by atoms with Crippen molar-refractivity contribution in [1.82, 2.24) is 9.97 Å². The van der Waals surface area contributed by atoms with Crippen LogP contribution in [0.25, 0.3) is 0 Å². The minimum atomic E-state index is -0.131. The van der Waals surface area contributed by atoms with Crippen molar-refractivity contribution in [1.29, 1.82) is 0 Å². The van der Waals surface area contributed by atoms with Crippen molar-refractivity contribution in [2.45, 2.75) is 20.3 Å². The van der Waals surface area contributed by atoms with Crippen molar-refractivity contribution in [3.8, 4) is 0 Å². The van der Waals surface area contributed by atoms with Gasteiger partial charge >= 0.3 is 0 Å². The van der Waals surface area contributed by atoms with E-state index >= 15 is 0 Å². The van der Waals surface area contributed by atoms with Gasteiger partial charge in [-0.1, -0.05) is 17.7 Å². The van der Waals surface area contributed by atoms with Gasteiger partial charge in [-0.05, 0) is 61.7 Å². The molecule has 0 atom stereocenters. The maximum absolute atomic E-state index is 12.6. The number of aromatic nitrogens is 2. The highest BCUT2D eigenvalue weighted by molar-refractivity contribution is 6.05. The largest absolute Gasteiger partial charge is 0.359 e. The van der Waals surface area contributed by atoms with E-state index in [-0.39, 0.29) is 5.91 Å². The molecule has 0 aliphatic heterocycles. The van der Waals surface area contributed by atoms with Gasteiger partial charge in [0.15, 0.2) is 0 Å². The maximum atomic E-state index is 12.6. The molecule has 0 unspecified atom stereocenters. The molecule has 1 N–H and O–H groups in total. The Morgan fingerprint density at radius 1 is 1.04 bits per heavy atom. The molecule has 2 heterocycles. The molecule has 5 nitrogen and oxygen atoms in total. The van der Waals surface area contributed by atoms with Crippen LogP contribution < -0.4 is 10.2 Å². The second-order valence-electron chi connectivity index (χ2n) is 6.70. The van der Waals surface area contributed by atoms with Crippen molar-refractivity contribution in [3.63, 3.8) is 0 Å². The molecule has 0 radical (unpaired) electrons. The molecule has 1 aromatic carbocycles. The Bertz CT molecular complexity index is 925. The molecule has 2 aromatic heterocycles. The second-order valence-corrected chi connectivity index (χ2v) is 6.70. The number of amides is 1. The number of benzene rings is 1. The Balaban J connectivity index is 1.67. The number of nitrogens with zero attached hydrogens (tertiary/aromatic N) is 3. The highest BCUT2D eigenvalue weighted by atomic mass is 16.1. The van der Waals surface area contributed by atoms with E-state index < -0.39 is 0 Å². The standard InChI is InChI=1S/C22H24N4O/c1-16-4-5-20(17(2)14-16)25-22(27)19-8-12-24-21(15-19)26(3)13-9-18-6-10-23-11-7-18/h4-8,10-12,14-15H,9,13H2,1-3H3,(H,25,27). The Morgan fingerprint density at radius 3 is 2.56 bits per heavy atom. The van der Waals surface area contributed by atoms with E-state index in [0.29, 0.717) is 5.56 Å². The summed E-state index contributed by atoms with van der Waals surface area (Å²) in [5, 5.41) is 2.99. The molecule has 0 fully saturated rings. The minimum Gasteiger partial charge on any atom is -0.359 e. The average molecular weight is 360 g/mol. The monoisotopic (exact) mass is 360 g/mol. The molecule has 138 valence electrons. The number of nitrogens with one attached hydrogen (secondary N) is 1. The fourth-order valence-corrected chi connectivity index (χ4v) is 2.88. The van der Waals surface area contributed by atoms with Gasteiger partial charge in [0.05, 0.1) is 0 Å². The topological polar surface area (TPSA) is 58.1 Å². The van der Waals surface area contributed by atoms with Crippen molar-refractivity contribution in [2.75, 3.05) is 23.8 Å². The van der Waals surface area contributed by atoms with Crippen molar-refractivity contribution < 1.29 is 4.79 Å². The summed E-state index contributed by atoms with van der Waals surface area (Å²) in [6.45, 7) is 4.84. The van der Waals surface area contributed by atoms with E-state index in [9.17, 15) is 4.79 Å². The summed E-state index contributed by atoms with van der Waals surface area (Å²) in [7, 11) is 1.98. The van der Waals surface area contributed by atoms with Crippen molar-refractivity contribution >= 4 is 17.4 Å². The van der Waals surface area contributed by atoms with E-state index in [4.69, 9.17) is 0 Å². The Kier molecular flexibility index (Phi) is 5.81. The lowest BCUT2D eigenvalue weighted by molar-refractivity contribution is 0.102. The lowest BCUT2D eigenvalue weighted by atomic mass is 10.1. The summed E-state index contributed by atoms with van der Waals surface area (Å²) >= 11 is 0. The molecule has 0 aliphatic rings. The third-order valence-electron chi connectivity index (χ3n) is 4.51. The maximum Gasteiger partial charge on any atom is 0.255 e. The first-order chi connectivity index (χ1) is 13.0. The number of likely N-dealkylation sites (N-methyl/N-ethyl adjacent to an activating group) is 1. The van der Waals surface area contributed by atoms with Crippen LogP contribution in [-0.2, 0) is 6.42 Å². The van der Waals surface area contributed by atoms with Gasteiger partial charge in [0.25, 0.3) is 5.91 Å². The van der Waals surface area contributed by atoms with Crippen LogP contribution >= 0.6 is 0 Å². The number of pyridine rings is 2. The van der Waals surface area contributed by atoms with Crippen LogP contribution in [0.1, 0.15) is 27.0 Å². The van der Waals surface area contributed by atoms with Gasteiger partial charge in [-0.3, -0.25) is 9.78 Å². The number of aryl methyl sites for hydroxylation is 2. The molecular weight excluding hydrogens is 336 g/mol. The lowest BCUT2D eigenvalue weighted by Gasteiger charge is -2.18. The van der Waals surface area contributed by atoms with Crippen LogP contribution in [0, 0.1) is 13.8 Å². The molecule has 3 rings (SSSR count). The van der Waals surface area contributed by atoms with Gasteiger partial charge in [0.2, 0.25) is 0 Å². The van der Waals surface area contributed by atoms with E-state index in [2.05, 4.69) is 21.4 Å². The molecule has 0 bridgehead atoms. The number of hydrogen-bond donors (Lipinski definition) is 1. The second kappa shape index (κ2) is 8.45. The first-order valence-electron chi connectivity index (χ1n) is 8.97. The fourth-order valence-electron chi connectivity index (χ4n) is 2.88. The molecule has 1 amide bonds. The normalized spacial score (nSPS) is 10.5. The zero-order valence-corrected chi connectivity index (χ0v) is 15.9. The van der Waals surface area contributed by atoms with Gasteiger partial charge < -0.3 is 10.2 Å². The molecular formula is C22H24N4O. The predicted octanol–water partition coefficient (Wildman–Crippen LogP) is 4.02. The number of anilines is 2. The van der Waals surface area contributed by atoms with Crippen LogP contribution in [0.5, 0.6) is 0 Å². The summed E-state index contributed by atoms with van der Waals surface area (Å²) in [4.78, 5) is 23.1. The molecule has 0 aliphatic carbocycles. The van der Waals surface area contributed by atoms with E-state index in [1.54, 1.807) is 24.7 Å². The highest BCUT2D eigenvalue weighted by Crippen LogP contribution is 2.18. The SMILES string of the molecule is Cc1ccc(NC(=O)c2ccnc(N(C)CCc3ccncc3)c2)c(C)c1.